The molecule has 3 aromatic heterocycles. The molecule has 234 valence electrons. The summed E-state index contributed by atoms with van der Waals surface area (Å²) in [6, 6.07) is 17.0. The summed E-state index contributed by atoms with van der Waals surface area (Å²) < 4.78 is 129. The van der Waals surface area contributed by atoms with Gasteiger partial charge < -0.3 is 9.55 Å². The second kappa shape index (κ2) is 11.4. The van der Waals surface area contributed by atoms with E-state index in [9.17, 15) is 6.85 Å². The highest BCUT2D eigenvalue weighted by Gasteiger charge is 2.21. The summed E-state index contributed by atoms with van der Waals surface area (Å²) in [6.07, 6.45) is 0. The Morgan fingerprint density at radius 1 is 0.460 bits per heavy atom. The first-order valence-corrected chi connectivity index (χ1v) is 15.6. The van der Waals surface area contributed by atoms with Crippen molar-refractivity contribution >= 4 is 43.6 Å². The lowest BCUT2D eigenvalue weighted by molar-refractivity contribution is 1.06. The molecule has 0 spiro atoms. The van der Waals surface area contributed by atoms with Crippen LogP contribution in [0.5, 0.6) is 0 Å². The molecule has 1 N–H and O–H groups in total. The minimum Gasteiger partial charge on any atom is -0.354 e. The number of H-pyrrole nitrogens is 1. The molecule has 10 aromatic rings. The second-order valence-electron chi connectivity index (χ2n) is 11.4. The van der Waals surface area contributed by atoms with Crippen LogP contribution in [-0.2, 0) is 0 Å². The molecular formula is C45H29N5. The Bertz CT molecular complexity index is 3540. The molecule has 0 saturated heterocycles. The standard InChI is InChI=1S/C45H29N5/c1-3-14-29(15-4-1)43-47-44(30-16-5-2-6-17-30)49-45(48-43)37-27-26-31(32-21-13-22-36-33-18-7-10-23-38(33)46-42(32)36)28-41(37)50-39-24-11-8-19-34(39)35-20-9-12-25-40(35)50/h1-28,46H/i7D,8D,9D,13D,18D,19D,20D,22D,23D,24D,25D,26D,27D,28D. The van der Waals surface area contributed by atoms with Crippen molar-refractivity contribution < 1.29 is 19.2 Å². The minimum atomic E-state index is -0.565. The molecule has 0 unspecified atom stereocenters. The Balaban J connectivity index is 1.45. The summed E-state index contributed by atoms with van der Waals surface area (Å²) in [5, 5.41) is -0.243. The maximum Gasteiger partial charge on any atom is 0.166 e. The van der Waals surface area contributed by atoms with Crippen LogP contribution in [0.1, 0.15) is 19.2 Å². The number of nitrogens with zero attached hydrogens (tertiary/aromatic N) is 4. The Labute approximate surface area is 307 Å². The highest BCUT2D eigenvalue weighted by molar-refractivity contribution is 6.12. The molecule has 5 nitrogen and oxygen atoms in total. The first-order chi connectivity index (χ1) is 30.6. The van der Waals surface area contributed by atoms with Gasteiger partial charge in [-0.2, -0.15) is 0 Å². The number of benzene rings is 7. The van der Waals surface area contributed by atoms with Crippen molar-refractivity contribution in [1.82, 2.24) is 24.5 Å². The fraction of sp³-hybridized carbons (Fsp3) is 0. The van der Waals surface area contributed by atoms with E-state index < -0.39 is 30.2 Å². The monoisotopic (exact) mass is 653 g/mol. The number of nitrogens with one attached hydrogen (secondary N) is 1. The average Bonchev–Trinajstić information content (AvgIpc) is 3.87. The zero-order valence-corrected chi connectivity index (χ0v) is 25.9. The van der Waals surface area contributed by atoms with E-state index in [1.54, 1.807) is 48.5 Å². The first kappa shape index (κ1) is 17.5. The van der Waals surface area contributed by atoms with Crippen LogP contribution in [0.3, 0.4) is 0 Å². The Morgan fingerprint density at radius 2 is 1.04 bits per heavy atom. The van der Waals surface area contributed by atoms with Crippen LogP contribution in [0, 0.1) is 0 Å². The molecule has 0 atom stereocenters. The van der Waals surface area contributed by atoms with Crippen LogP contribution in [0.15, 0.2) is 170 Å². The van der Waals surface area contributed by atoms with Gasteiger partial charge in [0.25, 0.3) is 0 Å². The van der Waals surface area contributed by atoms with Gasteiger partial charge in [0, 0.05) is 49.3 Å². The van der Waals surface area contributed by atoms with Crippen LogP contribution in [0.4, 0.5) is 0 Å². The number of fused-ring (bicyclic) bond motifs is 6. The topological polar surface area (TPSA) is 59.4 Å². The minimum absolute atomic E-state index is 0.0130. The molecule has 0 aliphatic heterocycles. The van der Waals surface area contributed by atoms with Crippen LogP contribution >= 0.6 is 0 Å². The fourth-order valence-electron chi connectivity index (χ4n) is 6.25. The van der Waals surface area contributed by atoms with E-state index in [1.165, 1.54) is 16.7 Å². The third-order valence-corrected chi connectivity index (χ3v) is 8.50. The van der Waals surface area contributed by atoms with Crippen molar-refractivity contribution in [3.05, 3.63) is 170 Å². The van der Waals surface area contributed by atoms with Crippen LogP contribution in [-0.4, -0.2) is 24.5 Å². The number of para-hydroxylation sites is 4. The van der Waals surface area contributed by atoms with Crippen molar-refractivity contribution in [3.8, 4) is 51.0 Å². The van der Waals surface area contributed by atoms with Gasteiger partial charge in [0.05, 0.1) is 41.4 Å². The lowest BCUT2D eigenvalue weighted by Gasteiger charge is -2.16. The number of hydrogen-bond acceptors (Lipinski definition) is 3. The quantitative estimate of drug-likeness (QED) is 0.201. The number of hydrogen-bond donors (Lipinski definition) is 1. The van der Waals surface area contributed by atoms with Gasteiger partial charge in [-0.05, 0) is 35.8 Å². The van der Waals surface area contributed by atoms with Gasteiger partial charge in [-0.25, -0.2) is 15.0 Å². The van der Waals surface area contributed by atoms with Crippen molar-refractivity contribution in [1.29, 1.82) is 0 Å². The van der Waals surface area contributed by atoms with Crippen molar-refractivity contribution in [3.63, 3.8) is 0 Å². The smallest absolute Gasteiger partial charge is 0.166 e. The Morgan fingerprint density at radius 3 is 1.70 bits per heavy atom. The van der Waals surface area contributed by atoms with E-state index in [0.717, 1.165) is 12.1 Å². The van der Waals surface area contributed by atoms with Crippen molar-refractivity contribution in [2.24, 2.45) is 0 Å². The molecule has 0 radical (unpaired) electrons. The SMILES string of the molecule is [2H]c1cc([2H])c2[nH]c3c(-c4c([2H])c([2H])c(-c5nc(-c6ccccc6)nc(-c6ccccc6)n5)c(-n5c6c([2H])cc([2H])c([2H])c6c6c([2H])c([2H])cc([2H])c65)c4[2H])cc([2H])c([2H])c3c2c1[2H]. The van der Waals surface area contributed by atoms with Gasteiger partial charge in [0.1, 0.15) is 0 Å². The molecular weight excluding hydrogens is 611 g/mol. The Kier molecular flexibility index (Phi) is 3.99. The molecule has 0 aliphatic rings. The molecule has 5 heteroatoms. The molecule has 0 bridgehead atoms. The second-order valence-corrected chi connectivity index (χ2v) is 11.4. The summed E-state index contributed by atoms with van der Waals surface area (Å²) in [7, 11) is 0. The molecule has 0 aliphatic carbocycles. The largest absolute Gasteiger partial charge is 0.354 e. The van der Waals surface area contributed by atoms with Gasteiger partial charge in [0.2, 0.25) is 0 Å². The van der Waals surface area contributed by atoms with E-state index in [-0.39, 0.29) is 138 Å². The third kappa shape index (κ3) is 4.52. The van der Waals surface area contributed by atoms with E-state index in [2.05, 4.69) is 4.98 Å². The molecule has 50 heavy (non-hydrogen) atoms. The number of aromatic amines is 1. The lowest BCUT2D eigenvalue weighted by atomic mass is 9.99. The van der Waals surface area contributed by atoms with Gasteiger partial charge in [-0.1, -0.05) is 139 Å². The van der Waals surface area contributed by atoms with Crippen LogP contribution in [0.2, 0.25) is 0 Å². The maximum atomic E-state index is 10.2. The normalized spacial score (nSPS) is 15.5. The lowest BCUT2D eigenvalue weighted by Crippen LogP contribution is -2.04. The maximum absolute atomic E-state index is 10.2. The first-order valence-electron chi connectivity index (χ1n) is 22.6. The predicted molar refractivity (Wildman–Crippen MR) is 205 cm³/mol. The average molecular weight is 654 g/mol. The number of aromatic nitrogens is 5. The van der Waals surface area contributed by atoms with Crippen molar-refractivity contribution in [2.45, 2.75) is 0 Å². The van der Waals surface area contributed by atoms with Gasteiger partial charge in [-0.3, -0.25) is 0 Å². The summed E-state index contributed by atoms with van der Waals surface area (Å²) in [5.74, 6) is 0.133. The zero-order chi connectivity index (χ0) is 45.2. The van der Waals surface area contributed by atoms with Gasteiger partial charge >= 0.3 is 0 Å². The fourth-order valence-corrected chi connectivity index (χ4v) is 6.25. The van der Waals surface area contributed by atoms with Gasteiger partial charge in [0.15, 0.2) is 17.5 Å². The van der Waals surface area contributed by atoms with E-state index in [1.807, 2.05) is 12.1 Å². The van der Waals surface area contributed by atoms with E-state index in [0.29, 0.717) is 11.1 Å². The summed E-state index contributed by atoms with van der Waals surface area (Å²) in [5.41, 5.74) is 0.128. The van der Waals surface area contributed by atoms with E-state index in [4.69, 9.17) is 27.3 Å². The summed E-state index contributed by atoms with van der Waals surface area (Å²) >= 11 is 0. The molecule has 3 heterocycles. The molecule has 0 amide bonds. The van der Waals surface area contributed by atoms with Gasteiger partial charge in [-0.15, -0.1) is 0 Å². The van der Waals surface area contributed by atoms with Crippen LogP contribution in [0.25, 0.3) is 94.6 Å². The van der Waals surface area contributed by atoms with Crippen LogP contribution < -0.4 is 0 Å². The summed E-state index contributed by atoms with van der Waals surface area (Å²) in [6.45, 7) is 0. The zero-order valence-electron chi connectivity index (χ0n) is 39.9. The highest BCUT2D eigenvalue weighted by atomic mass is 15.1. The molecule has 0 fully saturated rings. The molecule has 10 rings (SSSR count). The van der Waals surface area contributed by atoms with E-state index >= 15 is 0 Å². The van der Waals surface area contributed by atoms with Crippen molar-refractivity contribution in [2.75, 3.05) is 0 Å². The Hall–Kier alpha value is -6.85. The number of rotatable bonds is 5. The predicted octanol–water partition coefficient (Wildman–Crippen LogP) is 11.3. The third-order valence-electron chi connectivity index (χ3n) is 8.50. The highest BCUT2D eigenvalue weighted by Crippen LogP contribution is 2.40. The molecule has 0 saturated carbocycles. The molecule has 7 aromatic carbocycles. The summed E-state index contributed by atoms with van der Waals surface area (Å²) in [4.78, 5) is 17.5.